The van der Waals surface area contributed by atoms with Crippen LogP contribution in [0.3, 0.4) is 0 Å². The fourth-order valence-corrected chi connectivity index (χ4v) is 2.23. The molecule has 0 aliphatic rings. The topological polar surface area (TPSA) is 105 Å². The van der Waals surface area contributed by atoms with Gasteiger partial charge in [0.25, 0.3) is 11.4 Å². The van der Waals surface area contributed by atoms with Crippen molar-refractivity contribution in [2.45, 2.75) is 0 Å². The minimum atomic E-state index is -0.553. The van der Waals surface area contributed by atoms with E-state index in [9.17, 15) is 20.2 Å². The molecule has 134 valence electrons. The third kappa shape index (κ3) is 4.23. The zero-order chi connectivity index (χ0) is 19.1. The average Bonchev–Trinajstić information content (AvgIpc) is 2.64. The van der Waals surface area contributed by atoms with Gasteiger partial charge in [0.2, 0.25) is 0 Å². The number of nitrogens with zero attached hydrogens (tertiary/aromatic N) is 2. The summed E-state index contributed by atoms with van der Waals surface area (Å²) < 4.78 is 11.1. The molecule has 0 saturated heterocycles. The van der Waals surface area contributed by atoms with Gasteiger partial charge in [-0.2, -0.15) is 0 Å². The lowest BCUT2D eigenvalue weighted by Gasteiger charge is -2.14. The van der Waals surface area contributed by atoms with E-state index in [4.69, 9.17) is 9.47 Å². The Morgan fingerprint density at radius 1 is 0.808 bits per heavy atom. The fraction of sp³-hybridized carbons (Fsp3) is 0.111. The average molecular weight is 356 g/mol. The van der Waals surface area contributed by atoms with Crippen LogP contribution < -0.4 is 9.47 Å². The molecule has 2 aromatic rings. The minimum absolute atomic E-state index is 0.169. The Balaban J connectivity index is 2.68. The molecule has 8 nitrogen and oxygen atoms in total. The summed E-state index contributed by atoms with van der Waals surface area (Å²) in [6.45, 7) is 7.46. The maximum Gasteiger partial charge on any atom is 0.270 e. The molecule has 26 heavy (non-hydrogen) atoms. The largest absolute Gasteiger partial charge is 0.489 e. The Morgan fingerprint density at radius 2 is 1.19 bits per heavy atom. The molecule has 2 rings (SSSR count). The lowest BCUT2D eigenvalue weighted by atomic mass is 10.0. The number of hydrogen-bond acceptors (Lipinski definition) is 6. The van der Waals surface area contributed by atoms with Crippen LogP contribution in [0.15, 0.2) is 61.7 Å². The van der Waals surface area contributed by atoms with E-state index < -0.39 is 9.85 Å². The van der Waals surface area contributed by atoms with E-state index in [1.807, 2.05) is 0 Å². The summed E-state index contributed by atoms with van der Waals surface area (Å²) in [6.07, 6.45) is 3.04. The van der Waals surface area contributed by atoms with Crippen LogP contribution >= 0.6 is 0 Å². The second-order valence-corrected chi connectivity index (χ2v) is 5.07. The number of benzene rings is 2. The van der Waals surface area contributed by atoms with Gasteiger partial charge >= 0.3 is 0 Å². The van der Waals surface area contributed by atoms with Gasteiger partial charge in [-0.25, -0.2) is 0 Å². The van der Waals surface area contributed by atoms with E-state index in [0.29, 0.717) is 22.6 Å². The smallest absolute Gasteiger partial charge is 0.270 e. The van der Waals surface area contributed by atoms with Crippen LogP contribution in [0.2, 0.25) is 0 Å². The zero-order valence-electron chi connectivity index (χ0n) is 13.8. The summed E-state index contributed by atoms with van der Waals surface area (Å²) in [5.74, 6) is 0.638. The maximum atomic E-state index is 11.1. The molecule has 0 N–H and O–H groups in total. The summed E-state index contributed by atoms with van der Waals surface area (Å²) in [7, 11) is 0. The molecule has 0 unspecified atom stereocenters. The lowest BCUT2D eigenvalue weighted by molar-refractivity contribution is -0.385. The van der Waals surface area contributed by atoms with Crippen molar-refractivity contribution in [1.29, 1.82) is 0 Å². The van der Waals surface area contributed by atoms with Gasteiger partial charge in [0.15, 0.2) is 0 Å². The van der Waals surface area contributed by atoms with Gasteiger partial charge in [0, 0.05) is 35.4 Å². The Bertz CT molecular complexity index is 791. The third-order valence-corrected chi connectivity index (χ3v) is 3.35. The number of nitro groups is 2. The first-order valence-corrected chi connectivity index (χ1v) is 7.52. The zero-order valence-corrected chi connectivity index (χ0v) is 13.8. The van der Waals surface area contributed by atoms with Crippen molar-refractivity contribution in [2.75, 3.05) is 13.2 Å². The van der Waals surface area contributed by atoms with Gasteiger partial charge in [-0.1, -0.05) is 25.3 Å². The summed E-state index contributed by atoms with van der Waals surface area (Å²) in [6, 6.07) is 8.05. The normalized spacial score (nSPS) is 10.0. The lowest BCUT2D eigenvalue weighted by Crippen LogP contribution is -2.00. The molecule has 0 spiro atoms. The van der Waals surface area contributed by atoms with Gasteiger partial charge in [0.05, 0.1) is 9.85 Å². The van der Waals surface area contributed by atoms with Crippen molar-refractivity contribution in [2.24, 2.45) is 0 Å². The molecule has 2 aromatic carbocycles. The van der Waals surface area contributed by atoms with E-state index in [0.717, 1.165) is 0 Å². The number of non-ortho nitro benzene ring substituents is 2. The van der Waals surface area contributed by atoms with Crippen LogP contribution in [-0.4, -0.2) is 23.1 Å². The second-order valence-electron chi connectivity index (χ2n) is 5.07. The van der Waals surface area contributed by atoms with Crippen LogP contribution in [0.1, 0.15) is 0 Å². The quantitative estimate of drug-likeness (QED) is 0.377. The molecule has 0 aliphatic heterocycles. The first-order chi connectivity index (χ1) is 12.5. The van der Waals surface area contributed by atoms with Crippen LogP contribution in [0.4, 0.5) is 11.4 Å². The van der Waals surface area contributed by atoms with Gasteiger partial charge in [0.1, 0.15) is 24.7 Å². The molecule has 0 radical (unpaired) electrons. The second kappa shape index (κ2) is 8.43. The van der Waals surface area contributed by atoms with Gasteiger partial charge < -0.3 is 9.47 Å². The molecular weight excluding hydrogens is 340 g/mol. The summed E-state index contributed by atoms with van der Waals surface area (Å²) in [5.41, 5.74) is 0.270. The maximum absolute atomic E-state index is 11.1. The van der Waals surface area contributed by atoms with Gasteiger partial charge in [-0.05, 0) is 12.1 Å². The number of hydrogen-bond donors (Lipinski definition) is 0. The molecular formula is C18H16N2O6. The molecule has 8 heteroatoms. The minimum Gasteiger partial charge on any atom is -0.489 e. The molecule has 0 bridgehead atoms. The monoisotopic (exact) mass is 356 g/mol. The van der Waals surface area contributed by atoms with E-state index in [-0.39, 0.29) is 24.6 Å². The molecule has 0 heterocycles. The van der Waals surface area contributed by atoms with Crippen molar-refractivity contribution in [3.63, 3.8) is 0 Å². The Morgan fingerprint density at radius 3 is 1.50 bits per heavy atom. The van der Waals surface area contributed by atoms with E-state index >= 15 is 0 Å². The Kier molecular flexibility index (Phi) is 6.05. The van der Waals surface area contributed by atoms with Crippen LogP contribution in [0.5, 0.6) is 11.5 Å². The molecule has 0 amide bonds. The van der Waals surface area contributed by atoms with Crippen molar-refractivity contribution in [3.8, 4) is 22.6 Å². The molecule has 0 aliphatic carbocycles. The van der Waals surface area contributed by atoms with E-state index in [1.165, 1.54) is 48.6 Å². The first kappa shape index (κ1) is 18.7. The highest BCUT2D eigenvalue weighted by Gasteiger charge is 2.20. The van der Waals surface area contributed by atoms with Gasteiger partial charge in [-0.3, -0.25) is 20.2 Å². The highest BCUT2D eigenvalue weighted by atomic mass is 16.6. The van der Waals surface area contributed by atoms with Crippen LogP contribution in [0.25, 0.3) is 11.1 Å². The van der Waals surface area contributed by atoms with Gasteiger partial charge in [-0.15, -0.1) is 0 Å². The summed E-state index contributed by atoms with van der Waals surface area (Å²) >= 11 is 0. The van der Waals surface area contributed by atoms with E-state index in [2.05, 4.69) is 13.2 Å². The molecule has 0 fully saturated rings. The first-order valence-electron chi connectivity index (χ1n) is 7.52. The predicted molar refractivity (Wildman–Crippen MR) is 96.6 cm³/mol. The predicted octanol–water partition coefficient (Wildman–Crippen LogP) is 4.30. The Hall–Kier alpha value is -3.68. The Labute approximate surface area is 149 Å². The summed E-state index contributed by atoms with van der Waals surface area (Å²) in [5, 5.41) is 22.3. The fourth-order valence-electron chi connectivity index (χ4n) is 2.23. The van der Waals surface area contributed by atoms with Crippen molar-refractivity contribution < 1.29 is 19.3 Å². The van der Waals surface area contributed by atoms with Crippen molar-refractivity contribution >= 4 is 11.4 Å². The highest BCUT2D eigenvalue weighted by molar-refractivity contribution is 5.79. The molecule has 0 aromatic heterocycles. The summed E-state index contributed by atoms with van der Waals surface area (Å²) in [4.78, 5) is 21.2. The van der Waals surface area contributed by atoms with Crippen LogP contribution in [0, 0.1) is 20.2 Å². The molecule has 0 saturated carbocycles. The van der Waals surface area contributed by atoms with E-state index in [1.54, 1.807) is 0 Å². The van der Waals surface area contributed by atoms with Crippen molar-refractivity contribution in [3.05, 3.63) is 81.9 Å². The third-order valence-electron chi connectivity index (χ3n) is 3.35. The molecule has 0 atom stereocenters. The van der Waals surface area contributed by atoms with Crippen molar-refractivity contribution in [1.82, 2.24) is 0 Å². The standard InChI is InChI=1S/C18H16N2O6/c1-3-9-25-17-7-5-13(19(21)22)11-15(17)16-12-14(20(23)24)6-8-18(16)26-10-4-2/h3-8,11-12H,1-2,9-10H2. The number of rotatable bonds is 9. The van der Waals surface area contributed by atoms with Crippen LogP contribution in [-0.2, 0) is 0 Å². The number of nitro benzene ring substituents is 2. The SMILES string of the molecule is C=CCOc1ccc([N+](=O)[O-])cc1-c1cc([N+](=O)[O-])ccc1OCC=C. The highest BCUT2D eigenvalue weighted by Crippen LogP contribution is 2.40. The number of ether oxygens (including phenoxy) is 2.